The third-order valence-electron chi connectivity index (χ3n) is 1.70. The highest BCUT2D eigenvalue weighted by Gasteiger charge is 1.97. The van der Waals surface area contributed by atoms with Crippen molar-refractivity contribution < 1.29 is 0 Å². The van der Waals surface area contributed by atoms with Crippen LogP contribution in [-0.2, 0) is 6.42 Å². The van der Waals surface area contributed by atoms with Crippen LogP contribution in [0.2, 0.25) is 0 Å². The lowest BCUT2D eigenvalue weighted by Crippen LogP contribution is -1.96. The molecular weight excluding hydrogens is 168 g/mol. The molecule has 2 nitrogen and oxygen atoms in total. The van der Waals surface area contributed by atoms with Gasteiger partial charge < -0.3 is 11.5 Å². The van der Waals surface area contributed by atoms with E-state index in [4.69, 9.17) is 23.7 Å². The number of hydrogen-bond donors (Lipinski definition) is 2. The van der Waals surface area contributed by atoms with E-state index < -0.39 is 0 Å². The molecule has 0 atom stereocenters. The second kappa shape index (κ2) is 4.07. The van der Waals surface area contributed by atoms with Gasteiger partial charge in [-0.25, -0.2) is 0 Å². The first-order valence-electron chi connectivity index (χ1n) is 3.81. The third kappa shape index (κ3) is 2.20. The van der Waals surface area contributed by atoms with Gasteiger partial charge in [-0.05, 0) is 35.9 Å². The van der Waals surface area contributed by atoms with Crippen LogP contribution in [-0.4, -0.2) is 5.37 Å². The Morgan fingerprint density at radius 1 is 1.33 bits per heavy atom. The summed E-state index contributed by atoms with van der Waals surface area (Å²) in [6.45, 7) is 0. The fourth-order valence-corrected chi connectivity index (χ4v) is 1.17. The van der Waals surface area contributed by atoms with Crippen molar-refractivity contribution in [2.75, 3.05) is 11.5 Å². The molecule has 64 valence electrons. The largest absolute Gasteiger partial charge is 0.399 e. The van der Waals surface area contributed by atoms with Gasteiger partial charge in [0.1, 0.15) is 0 Å². The van der Waals surface area contributed by atoms with Crippen LogP contribution in [0.3, 0.4) is 0 Å². The zero-order valence-corrected chi connectivity index (χ0v) is 7.60. The number of aryl methyl sites for hydroxylation is 1. The minimum absolute atomic E-state index is 0.707. The Morgan fingerprint density at radius 3 is 2.67 bits per heavy atom. The number of benzene rings is 1. The van der Waals surface area contributed by atoms with Crippen molar-refractivity contribution in [1.82, 2.24) is 0 Å². The summed E-state index contributed by atoms with van der Waals surface area (Å²) < 4.78 is 0. The standard InChI is InChI=1S/C9H12N2S/c10-8-4-3-7(2-1-5-12)9(11)6-8/h3-6H,1-2,10-11H2. The number of nitrogen functional groups attached to an aromatic ring is 2. The van der Waals surface area contributed by atoms with E-state index in [1.54, 1.807) is 11.4 Å². The fraction of sp³-hybridized carbons (Fsp3) is 0.222. The molecule has 1 rings (SSSR count). The average molecular weight is 180 g/mol. The van der Waals surface area contributed by atoms with Crippen LogP contribution in [0.5, 0.6) is 0 Å². The second-order valence-corrected chi connectivity index (χ2v) is 3.00. The van der Waals surface area contributed by atoms with Crippen LogP contribution in [0.1, 0.15) is 12.0 Å². The number of thiocarbonyl (C=S) groups is 1. The molecule has 0 aliphatic rings. The predicted molar refractivity (Wildman–Crippen MR) is 57.2 cm³/mol. The molecule has 0 fully saturated rings. The molecule has 0 heterocycles. The molecule has 0 bridgehead atoms. The summed E-state index contributed by atoms with van der Waals surface area (Å²) >= 11 is 4.73. The summed E-state index contributed by atoms with van der Waals surface area (Å²) in [4.78, 5) is 0. The van der Waals surface area contributed by atoms with E-state index in [2.05, 4.69) is 0 Å². The van der Waals surface area contributed by atoms with Crippen LogP contribution >= 0.6 is 12.2 Å². The minimum atomic E-state index is 0.707. The van der Waals surface area contributed by atoms with Crippen molar-refractivity contribution in [3.8, 4) is 0 Å². The highest BCUT2D eigenvalue weighted by molar-refractivity contribution is 7.78. The molecular formula is C9H12N2S. The Balaban J connectivity index is 2.78. The molecule has 0 spiro atoms. The zero-order valence-electron chi connectivity index (χ0n) is 6.79. The van der Waals surface area contributed by atoms with E-state index >= 15 is 0 Å². The van der Waals surface area contributed by atoms with Crippen molar-refractivity contribution in [3.05, 3.63) is 23.8 Å². The maximum atomic E-state index is 5.73. The van der Waals surface area contributed by atoms with Gasteiger partial charge in [-0.2, -0.15) is 0 Å². The first-order valence-corrected chi connectivity index (χ1v) is 4.28. The van der Waals surface area contributed by atoms with Crippen molar-refractivity contribution in [2.45, 2.75) is 12.8 Å². The Bertz CT molecular complexity index is 284. The van der Waals surface area contributed by atoms with Gasteiger partial charge in [-0.1, -0.05) is 18.3 Å². The quantitative estimate of drug-likeness (QED) is 0.550. The van der Waals surface area contributed by atoms with Crippen molar-refractivity contribution >= 4 is 29.0 Å². The molecule has 0 aliphatic heterocycles. The monoisotopic (exact) mass is 180 g/mol. The average Bonchev–Trinajstić information content (AvgIpc) is 2.03. The molecule has 0 unspecified atom stereocenters. The number of hydrogen-bond acceptors (Lipinski definition) is 3. The Hall–Kier alpha value is -1.09. The Morgan fingerprint density at radius 2 is 2.08 bits per heavy atom. The molecule has 0 amide bonds. The third-order valence-corrected chi connectivity index (χ3v) is 1.94. The Kier molecular flexibility index (Phi) is 3.05. The van der Waals surface area contributed by atoms with Crippen molar-refractivity contribution in [1.29, 1.82) is 0 Å². The van der Waals surface area contributed by atoms with E-state index in [0.29, 0.717) is 5.69 Å². The predicted octanol–water partition coefficient (Wildman–Crippen LogP) is 1.78. The molecule has 0 saturated heterocycles. The van der Waals surface area contributed by atoms with E-state index in [1.807, 2.05) is 12.1 Å². The maximum absolute atomic E-state index is 5.73. The van der Waals surface area contributed by atoms with E-state index in [-0.39, 0.29) is 0 Å². The van der Waals surface area contributed by atoms with Crippen LogP contribution in [0.4, 0.5) is 11.4 Å². The zero-order chi connectivity index (χ0) is 8.97. The summed E-state index contributed by atoms with van der Waals surface area (Å²) in [5.41, 5.74) is 13.9. The molecule has 0 saturated carbocycles. The molecule has 4 N–H and O–H groups in total. The molecule has 0 aliphatic carbocycles. The number of rotatable bonds is 3. The van der Waals surface area contributed by atoms with Gasteiger partial charge in [0, 0.05) is 11.4 Å². The molecule has 12 heavy (non-hydrogen) atoms. The van der Waals surface area contributed by atoms with E-state index in [9.17, 15) is 0 Å². The maximum Gasteiger partial charge on any atom is 0.0367 e. The summed E-state index contributed by atoms with van der Waals surface area (Å²) in [6, 6.07) is 5.58. The fourth-order valence-electron chi connectivity index (χ4n) is 1.06. The minimum Gasteiger partial charge on any atom is -0.399 e. The lowest BCUT2D eigenvalue weighted by molar-refractivity contribution is 1.07. The lowest BCUT2D eigenvalue weighted by atomic mass is 10.1. The Labute approximate surface area is 77.6 Å². The van der Waals surface area contributed by atoms with Crippen LogP contribution < -0.4 is 11.5 Å². The second-order valence-electron chi connectivity index (χ2n) is 2.66. The van der Waals surface area contributed by atoms with Gasteiger partial charge in [-0.3, -0.25) is 0 Å². The van der Waals surface area contributed by atoms with E-state index in [0.717, 1.165) is 24.1 Å². The summed E-state index contributed by atoms with van der Waals surface area (Å²) in [5, 5.41) is 1.72. The van der Waals surface area contributed by atoms with Crippen molar-refractivity contribution in [2.24, 2.45) is 0 Å². The van der Waals surface area contributed by atoms with Crippen molar-refractivity contribution in [3.63, 3.8) is 0 Å². The highest BCUT2D eigenvalue weighted by Crippen LogP contribution is 2.16. The van der Waals surface area contributed by atoms with Gasteiger partial charge in [0.05, 0.1) is 0 Å². The van der Waals surface area contributed by atoms with Crippen LogP contribution in [0, 0.1) is 0 Å². The smallest absolute Gasteiger partial charge is 0.0367 e. The lowest BCUT2D eigenvalue weighted by Gasteiger charge is -2.03. The molecule has 0 aromatic heterocycles. The van der Waals surface area contributed by atoms with Crippen LogP contribution in [0.25, 0.3) is 0 Å². The van der Waals surface area contributed by atoms with Gasteiger partial charge in [0.15, 0.2) is 0 Å². The van der Waals surface area contributed by atoms with Gasteiger partial charge in [0.25, 0.3) is 0 Å². The molecule has 3 heteroatoms. The van der Waals surface area contributed by atoms with Gasteiger partial charge >= 0.3 is 0 Å². The number of anilines is 2. The van der Waals surface area contributed by atoms with E-state index in [1.165, 1.54) is 0 Å². The highest BCUT2D eigenvalue weighted by atomic mass is 32.1. The number of nitrogens with two attached hydrogens (primary N) is 2. The molecule has 0 radical (unpaired) electrons. The molecule has 1 aromatic rings. The summed E-state index contributed by atoms with van der Waals surface area (Å²) in [6.07, 6.45) is 1.78. The normalized spacial score (nSPS) is 9.67. The first kappa shape index (κ1) is 9.00. The topological polar surface area (TPSA) is 52.0 Å². The van der Waals surface area contributed by atoms with Crippen LogP contribution in [0.15, 0.2) is 18.2 Å². The summed E-state index contributed by atoms with van der Waals surface area (Å²) in [7, 11) is 0. The van der Waals surface area contributed by atoms with Gasteiger partial charge in [-0.15, -0.1) is 0 Å². The summed E-state index contributed by atoms with van der Waals surface area (Å²) in [5.74, 6) is 0. The first-order chi connectivity index (χ1) is 5.74. The molecule has 1 aromatic carbocycles. The SMILES string of the molecule is Nc1ccc(CCC=S)c(N)c1. The van der Waals surface area contributed by atoms with Gasteiger partial charge in [0.2, 0.25) is 0 Å².